The monoisotopic (exact) mass is 177 g/mol. The van der Waals surface area contributed by atoms with E-state index in [9.17, 15) is 4.79 Å². The van der Waals surface area contributed by atoms with E-state index in [1.807, 2.05) is 0 Å². The first-order chi connectivity index (χ1) is 5.70. The summed E-state index contributed by atoms with van der Waals surface area (Å²) in [5.74, 6) is 4.65. The zero-order valence-corrected chi connectivity index (χ0v) is 7.41. The molecule has 0 aliphatic heterocycles. The summed E-state index contributed by atoms with van der Waals surface area (Å²) >= 11 is 0. The van der Waals surface area contributed by atoms with Gasteiger partial charge in [0.15, 0.2) is 0 Å². The van der Waals surface area contributed by atoms with Gasteiger partial charge in [0.25, 0.3) is 0 Å². The molecule has 0 amide bonds. The Morgan fingerprint density at radius 1 is 1.58 bits per heavy atom. The molecule has 12 heavy (non-hydrogen) atoms. The molecule has 0 aromatic carbocycles. The highest BCUT2D eigenvalue weighted by Crippen LogP contribution is 1.96. The molecule has 1 atom stereocenters. The Morgan fingerprint density at radius 3 is 2.67 bits per heavy atom. The van der Waals surface area contributed by atoms with Gasteiger partial charge in [-0.1, -0.05) is 0 Å². The summed E-state index contributed by atoms with van der Waals surface area (Å²) in [5, 5.41) is 0. The Kier molecular flexibility index (Phi) is 6.64. The Bertz CT molecular complexity index is 129. The van der Waals surface area contributed by atoms with Crippen LogP contribution in [0.25, 0.3) is 0 Å². The molecule has 72 valence electrons. The number of carbonyl (C=O) groups excluding carboxylic acids is 1. The van der Waals surface area contributed by atoms with E-state index < -0.39 is 0 Å². The smallest absolute Gasteiger partial charge is 0.302 e. The molecular formula is C7H15NO4. The van der Waals surface area contributed by atoms with Gasteiger partial charge < -0.3 is 9.47 Å². The normalized spacial score (nSPS) is 12.6. The van der Waals surface area contributed by atoms with E-state index in [4.69, 9.17) is 15.4 Å². The van der Waals surface area contributed by atoms with Gasteiger partial charge in [0.2, 0.25) is 0 Å². The second-order valence-corrected chi connectivity index (χ2v) is 2.34. The van der Waals surface area contributed by atoms with Gasteiger partial charge in [0, 0.05) is 20.5 Å². The molecule has 0 aromatic rings. The van der Waals surface area contributed by atoms with Crippen molar-refractivity contribution in [3.63, 3.8) is 0 Å². The fraction of sp³-hybridized carbons (Fsp3) is 0.857. The standard InChI is InChI=1S/C7H15NO4/c1-6(9)11-4-3-7(12-8)5-10-2/h7H,3-5,8H2,1-2H3. The third-order valence-corrected chi connectivity index (χ3v) is 1.29. The third-order valence-electron chi connectivity index (χ3n) is 1.29. The van der Waals surface area contributed by atoms with Gasteiger partial charge in [0.1, 0.15) is 6.10 Å². The summed E-state index contributed by atoms with van der Waals surface area (Å²) in [6, 6.07) is 0. The van der Waals surface area contributed by atoms with Crippen molar-refractivity contribution in [2.45, 2.75) is 19.4 Å². The molecule has 0 radical (unpaired) electrons. The van der Waals surface area contributed by atoms with Crippen LogP contribution in [0.3, 0.4) is 0 Å². The molecule has 0 aliphatic rings. The van der Waals surface area contributed by atoms with E-state index in [2.05, 4.69) is 4.84 Å². The Morgan fingerprint density at radius 2 is 2.25 bits per heavy atom. The van der Waals surface area contributed by atoms with Crippen molar-refractivity contribution >= 4 is 5.97 Å². The minimum atomic E-state index is -0.303. The van der Waals surface area contributed by atoms with Crippen LogP contribution in [0.4, 0.5) is 0 Å². The van der Waals surface area contributed by atoms with Gasteiger partial charge in [-0.2, -0.15) is 0 Å². The predicted octanol–water partition coefficient (Wildman–Crippen LogP) is -0.155. The van der Waals surface area contributed by atoms with Crippen molar-refractivity contribution < 1.29 is 19.1 Å². The van der Waals surface area contributed by atoms with E-state index in [-0.39, 0.29) is 12.1 Å². The highest BCUT2D eigenvalue weighted by Gasteiger charge is 2.07. The largest absolute Gasteiger partial charge is 0.466 e. The van der Waals surface area contributed by atoms with Crippen LogP contribution in [-0.4, -0.2) is 32.4 Å². The van der Waals surface area contributed by atoms with Crippen molar-refractivity contribution in [1.82, 2.24) is 0 Å². The maximum Gasteiger partial charge on any atom is 0.302 e. The summed E-state index contributed by atoms with van der Waals surface area (Å²) in [5.41, 5.74) is 0. The first kappa shape index (κ1) is 11.4. The van der Waals surface area contributed by atoms with Gasteiger partial charge in [-0.15, -0.1) is 0 Å². The minimum Gasteiger partial charge on any atom is -0.466 e. The maximum atomic E-state index is 10.3. The number of nitrogens with two attached hydrogens (primary N) is 1. The van der Waals surface area contributed by atoms with Crippen LogP contribution in [0.15, 0.2) is 0 Å². The molecule has 0 heterocycles. The molecule has 0 aliphatic carbocycles. The van der Waals surface area contributed by atoms with Crippen LogP contribution in [-0.2, 0) is 19.1 Å². The second-order valence-electron chi connectivity index (χ2n) is 2.34. The van der Waals surface area contributed by atoms with Crippen LogP contribution >= 0.6 is 0 Å². The van der Waals surface area contributed by atoms with Crippen molar-refractivity contribution in [3.8, 4) is 0 Å². The Hall–Kier alpha value is -0.650. The lowest BCUT2D eigenvalue weighted by molar-refractivity contribution is -0.142. The fourth-order valence-corrected chi connectivity index (χ4v) is 0.711. The second kappa shape index (κ2) is 7.02. The number of carbonyl (C=O) groups is 1. The lowest BCUT2D eigenvalue weighted by Crippen LogP contribution is -2.24. The predicted molar refractivity (Wildman–Crippen MR) is 42.2 cm³/mol. The molecule has 0 saturated heterocycles. The quantitative estimate of drug-likeness (QED) is 0.451. The summed E-state index contributed by atoms with van der Waals surface area (Å²) in [6.45, 7) is 2.06. The van der Waals surface area contributed by atoms with E-state index in [1.54, 1.807) is 7.11 Å². The Balaban J connectivity index is 3.37. The van der Waals surface area contributed by atoms with Crippen molar-refractivity contribution in [3.05, 3.63) is 0 Å². The van der Waals surface area contributed by atoms with Gasteiger partial charge >= 0.3 is 5.97 Å². The van der Waals surface area contributed by atoms with Gasteiger partial charge in [0.05, 0.1) is 13.2 Å². The van der Waals surface area contributed by atoms with Crippen LogP contribution in [0, 0.1) is 0 Å². The molecule has 5 nitrogen and oxygen atoms in total. The summed E-state index contributed by atoms with van der Waals surface area (Å²) in [7, 11) is 1.55. The fourth-order valence-electron chi connectivity index (χ4n) is 0.711. The number of hydrogen-bond acceptors (Lipinski definition) is 5. The topological polar surface area (TPSA) is 70.8 Å². The van der Waals surface area contributed by atoms with E-state index in [0.717, 1.165) is 0 Å². The molecular weight excluding hydrogens is 162 g/mol. The summed E-state index contributed by atoms with van der Waals surface area (Å²) in [4.78, 5) is 14.9. The minimum absolute atomic E-state index is 0.214. The molecule has 0 bridgehead atoms. The van der Waals surface area contributed by atoms with E-state index in [0.29, 0.717) is 19.6 Å². The molecule has 0 aromatic heterocycles. The van der Waals surface area contributed by atoms with Crippen molar-refractivity contribution in [2.24, 2.45) is 5.90 Å². The van der Waals surface area contributed by atoms with Crippen molar-refractivity contribution in [1.29, 1.82) is 0 Å². The first-order valence-corrected chi connectivity index (χ1v) is 3.68. The van der Waals surface area contributed by atoms with Gasteiger partial charge in [-0.3, -0.25) is 9.63 Å². The third kappa shape index (κ3) is 6.09. The maximum absolute atomic E-state index is 10.3. The van der Waals surface area contributed by atoms with Gasteiger partial charge in [-0.25, -0.2) is 5.90 Å². The van der Waals surface area contributed by atoms with Crippen LogP contribution in [0.5, 0.6) is 0 Å². The highest BCUT2D eigenvalue weighted by molar-refractivity contribution is 5.65. The number of hydrogen-bond donors (Lipinski definition) is 1. The van der Waals surface area contributed by atoms with Crippen LogP contribution in [0.1, 0.15) is 13.3 Å². The number of esters is 1. The average Bonchev–Trinajstić information content (AvgIpc) is 2.02. The van der Waals surface area contributed by atoms with Gasteiger partial charge in [-0.05, 0) is 0 Å². The first-order valence-electron chi connectivity index (χ1n) is 3.68. The number of methoxy groups -OCH3 is 1. The zero-order valence-electron chi connectivity index (χ0n) is 7.41. The summed E-state index contributed by atoms with van der Waals surface area (Å²) < 4.78 is 9.50. The van der Waals surface area contributed by atoms with Crippen LogP contribution in [0.2, 0.25) is 0 Å². The van der Waals surface area contributed by atoms with E-state index >= 15 is 0 Å². The Labute approximate surface area is 71.7 Å². The SMILES string of the molecule is COCC(CCOC(C)=O)ON. The molecule has 0 saturated carbocycles. The lowest BCUT2D eigenvalue weighted by atomic mass is 10.3. The van der Waals surface area contributed by atoms with Crippen LogP contribution < -0.4 is 5.90 Å². The zero-order chi connectivity index (χ0) is 9.40. The lowest BCUT2D eigenvalue weighted by Gasteiger charge is -2.12. The highest BCUT2D eigenvalue weighted by atomic mass is 16.6. The number of rotatable bonds is 6. The average molecular weight is 177 g/mol. The van der Waals surface area contributed by atoms with Crippen molar-refractivity contribution in [2.75, 3.05) is 20.3 Å². The number of ether oxygens (including phenoxy) is 2. The molecule has 0 spiro atoms. The molecule has 2 N–H and O–H groups in total. The summed E-state index contributed by atoms with van der Waals surface area (Å²) in [6.07, 6.45) is 0.332. The van der Waals surface area contributed by atoms with E-state index in [1.165, 1.54) is 6.92 Å². The molecule has 1 unspecified atom stereocenters. The molecule has 0 fully saturated rings. The molecule has 5 heteroatoms. The molecule has 0 rings (SSSR count).